The second kappa shape index (κ2) is 8.03. The van der Waals surface area contributed by atoms with Crippen LogP contribution in [0, 0.1) is 11.8 Å². The fourth-order valence-electron chi connectivity index (χ4n) is 3.40. The van der Waals surface area contributed by atoms with Crippen LogP contribution in [0.3, 0.4) is 0 Å². The lowest BCUT2D eigenvalue weighted by molar-refractivity contribution is 0.0894. The first-order chi connectivity index (χ1) is 9.02. The Kier molecular flexibility index (Phi) is 7.05. The molecule has 1 aliphatic rings. The Balaban J connectivity index is 2.46. The monoisotopic (exact) mass is 268 g/mol. The van der Waals surface area contributed by atoms with Crippen molar-refractivity contribution in [1.82, 2.24) is 5.32 Å². The predicted molar refractivity (Wildman–Crippen MR) is 82.2 cm³/mol. The maximum absolute atomic E-state index is 6.11. The number of hydrogen-bond donors (Lipinski definition) is 2. The third-order valence-electron chi connectivity index (χ3n) is 4.34. The summed E-state index contributed by atoms with van der Waals surface area (Å²) in [5.41, 5.74) is 7.31. The molecule has 2 atom stereocenters. The molecule has 0 aliphatic heterocycles. The lowest BCUT2D eigenvalue weighted by Gasteiger charge is -2.46. The van der Waals surface area contributed by atoms with E-state index in [1.807, 2.05) is 6.92 Å². The summed E-state index contributed by atoms with van der Waals surface area (Å²) in [6, 6.07) is 0. The van der Waals surface area contributed by atoms with Crippen LogP contribution in [0.2, 0.25) is 0 Å². The van der Waals surface area contributed by atoms with Gasteiger partial charge < -0.3 is 15.8 Å². The zero-order chi connectivity index (χ0) is 14.3. The third kappa shape index (κ3) is 4.90. The smallest absolute Gasteiger partial charge is 0.0672 e. The zero-order valence-electron chi connectivity index (χ0n) is 13.0. The van der Waals surface area contributed by atoms with Crippen LogP contribution in [-0.2, 0) is 4.74 Å². The Morgan fingerprint density at radius 3 is 2.79 bits per heavy atom. The van der Waals surface area contributed by atoms with E-state index in [-0.39, 0.29) is 5.54 Å². The first-order valence-corrected chi connectivity index (χ1v) is 7.69. The molecule has 1 rings (SSSR count). The van der Waals surface area contributed by atoms with Gasteiger partial charge in [-0.1, -0.05) is 38.8 Å². The van der Waals surface area contributed by atoms with Crippen molar-refractivity contribution in [3.8, 4) is 0 Å². The number of nitrogens with one attached hydrogen (secondary N) is 1. The SMILES string of the molecule is C=C(C)COCCNC1(CN)CCCCC1C(C)C. The number of nitrogens with two attached hydrogens (primary N) is 1. The summed E-state index contributed by atoms with van der Waals surface area (Å²) in [6.45, 7) is 13.5. The molecule has 2 unspecified atom stereocenters. The molecule has 19 heavy (non-hydrogen) atoms. The van der Waals surface area contributed by atoms with Gasteiger partial charge in [-0.25, -0.2) is 0 Å². The average Bonchev–Trinajstić information content (AvgIpc) is 2.38. The lowest BCUT2D eigenvalue weighted by Crippen LogP contribution is -2.60. The lowest BCUT2D eigenvalue weighted by atomic mass is 9.68. The highest BCUT2D eigenvalue weighted by Crippen LogP contribution is 2.37. The summed E-state index contributed by atoms with van der Waals surface area (Å²) >= 11 is 0. The molecule has 3 nitrogen and oxygen atoms in total. The van der Waals surface area contributed by atoms with Crippen LogP contribution in [0.5, 0.6) is 0 Å². The van der Waals surface area contributed by atoms with Gasteiger partial charge >= 0.3 is 0 Å². The molecule has 0 bridgehead atoms. The molecule has 112 valence electrons. The molecule has 0 aromatic heterocycles. The molecule has 0 radical (unpaired) electrons. The molecule has 1 fully saturated rings. The van der Waals surface area contributed by atoms with Gasteiger partial charge in [0.15, 0.2) is 0 Å². The van der Waals surface area contributed by atoms with E-state index in [0.717, 1.165) is 25.3 Å². The van der Waals surface area contributed by atoms with E-state index >= 15 is 0 Å². The number of hydrogen-bond acceptors (Lipinski definition) is 3. The Labute approximate surface area is 119 Å². The number of rotatable bonds is 8. The van der Waals surface area contributed by atoms with Crippen LogP contribution in [0.4, 0.5) is 0 Å². The average molecular weight is 268 g/mol. The molecule has 3 N–H and O–H groups in total. The van der Waals surface area contributed by atoms with Crippen molar-refractivity contribution in [1.29, 1.82) is 0 Å². The Morgan fingerprint density at radius 1 is 1.47 bits per heavy atom. The molecule has 3 heteroatoms. The van der Waals surface area contributed by atoms with Crippen LogP contribution < -0.4 is 11.1 Å². The predicted octanol–water partition coefficient (Wildman–Crippen LogP) is 2.71. The van der Waals surface area contributed by atoms with E-state index in [2.05, 4.69) is 25.7 Å². The van der Waals surface area contributed by atoms with E-state index < -0.39 is 0 Å². The summed E-state index contributed by atoms with van der Waals surface area (Å²) in [6.07, 6.45) is 5.14. The second-order valence-corrected chi connectivity index (χ2v) is 6.39. The van der Waals surface area contributed by atoms with Crippen LogP contribution in [0.1, 0.15) is 46.5 Å². The van der Waals surface area contributed by atoms with Crippen molar-refractivity contribution < 1.29 is 4.74 Å². The van der Waals surface area contributed by atoms with Crippen LogP contribution >= 0.6 is 0 Å². The molecule has 0 aromatic carbocycles. The molecule has 0 heterocycles. The van der Waals surface area contributed by atoms with E-state index in [9.17, 15) is 0 Å². The van der Waals surface area contributed by atoms with Crippen molar-refractivity contribution in [3.05, 3.63) is 12.2 Å². The molecule has 0 amide bonds. The van der Waals surface area contributed by atoms with Gasteiger partial charge in [0.05, 0.1) is 13.2 Å². The Morgan fingerprint density at radius 2 is 2.21 bits per heavy atom. The van der Waals surface area contributed by atoms with E-state index in [1.165, 1.54) is 25.7 Å². The molecule has 1 saturated carbocycles. The first kappa shape index (κ1) is 16.7. The summed E-state index contributed by atoms with van der Waals surface area (Å²) in [7, 11) is 0. The zero-order valence-corrected chi connectivity index (χ0v) is 13.0. The van der Waals surface area contributed by atoms with Crippen molar-refractivity contribution in [3.63, 3.8) is 0 Å². The van der Waals surface area contributed by atoms with E-state index in [1.54, 1.807) is 0 Å². The second-order valence-electron chi connectivity index (χ2n) is 6.39. The van der Waals surface area contributed by atoms with Gasteiger partial charge in [-0.05, 0) is 31.6 Å². The summed E-state index contributed by atoms with van der Waals surface area (Å²) in [4.78, 5) is 0. The maximum Gasteiger partial charge on any atom is 0.0672 e. The van der Waals surface area contributed by atoms with Crippen molar-refractivity contribution >= 4 is 0 Å². The first-order valence-electron chi connectivity index (χ1n) is 7.69. The van der Waals surface area contributed by atoms with E-state index in [0.29, 0.717) is 18.4 Å². The van der Waals surface area contributed by atoms with Gasteiger partial charge in [0.2, 0.25) is 0 Å². The summed E-state index contributed by atoms with van der Waals surface area (Å²) in [5, 5.41) is 3.71. The fraction of sp³-hybridized carbons (Fsp3) is 0.875. The fourth-order valence-corrected chi connectivity index (χ4v) is 3.40. The van der Waals surface area contributed by atoms with Crippen LogP contribution in [-0.4, -0.2) is 31.8 Å². The summed E-state index contributed by atoms with van der Waals surface area (Å²) < 4.78 is 5.57. The quantitative estimate of drug-likeness (QED) is 0.525. The maximum atomic E-state index is 6.11. The summed E-state index contributed by atoms with van der Waals surface area (Å²) in [5.74, 6) is 1.38. The van der Waals surface area contributed by atoms with Gasteiger partial charge in [-0.2, -0.15) is 0 Å². The van der Waals surface area contributed by atoms with Crippen LogP contribution in [0.25, 0.3) is 0 Å². The standard InChI is InChI=1S/C16H32N2O/c1-13(2)11-19-10-9-18-16(12-17)8-6-5-7-15(16)14(3)4/h14-15,18H,1,5-12,17H2,2-4H3. The van der Waals surface area contributed by atoms with Gasteiger partial charge in [-0.15, -0.1) is 0 Å². The minimum atomic E-state index is 0.124. The molecule has 0 aromatic rings. The van der Waals surface area contributed by atoms with Crippen molar-refractivity contribution in [2.75, 3.05) is 26.3 Å². The van der Waals surface area contributed by atoms with Gasteiger partial charge in [-0.3, -0.25) is 0 Å². The van der Waals surface area contributed by atoms with Gasteiger partial charge in [0, 0.05) is 18.6 Å². The normalized spacial score (nSPS) is 27.7. The number of ether oxygens (including phenoxy) is 1. The molecule has 1 aliphatic carbocycles. The van der Waals surface area contributed by atoms with Crippen LogP contribution in [0.15, 0.2) is 12.2 Å². The van der Waals surface area contributed by atoms with Gasteiger partial charge in [0.25, 0.3) is 0 Å². The Hall–Kier alpha value is -0.380. The minimum absolute atomic E-state index is 0.124. The van der Waals surface area contributed by atoms with E-state index in [4.69, 9.17) is 10.5 Å². The largest absolute Gasteiger partial charge is 0.376 e. The molecular formula is C16H32N2O. The van der Waals surface area contributed by atoms with Crippen molar-refractivity contribution in [2.24, 2.45) is 17.6 Å². The minimum Gasteiger partial charge on any atom is -0.376 e. The highest BCUT2D eigenvalue weighted by molar-refractivity contribution is 4.99. The topological polar surface area (TPSA) is 47.3 Å². The Bertz CT molecular complexity index is 278. The highest BCUT2D eigenvalue weighted by atomic mass is 16.5. The third-order valence-corrected chi connectivity index (χ3v) is 4.34. The highest BCUT2D eigenvalue weighted by Gasteiger charge is 2.40. The molecule has 0 saturated heterocycles. The van der Waals surface area contributed by atoms with Crippen molar-refractivity contribution in [2.45, 2.75) is 52.0 Å². The molecule has 0 spiro atoms. The van der Waals surface area contributed by atoms with Gasteiger partial charge in [0.1, 0.15) is 0 Å². The molecular weight excluding hydrogens is 236 g/mol.